The van der Waals surface area contributed by atoms with Crippen molar-refractivity contribution in [2.45, 2.75) is 20.0 Å². The highest BCUT2D eigenvalue weighted by Crippen LogP contribution is 2.36. The Hall–Kier alpha value is -4.03. The molecule has 0 spiro atoms. The molecule has 1 fully saturated rings. The lowest BCUT2D eigenvalue weighted by molar-refractivity contribution is -0.117. The number of benzene rings is 3. The summed E-state index contributed by atoms with van der Waals surface area (Å²) in [5, 5.41) is 1.90. The largest absolute Gasteiger partial charge is 0.490 e. The van der Waals surface area contributed by atoms with Gasteiger partial charge in [-0.3, -0.25) is 15.0 Å². The van der Waals surface area contributed by atoms with Gasteiger partial charge in [0.15, 0.2) is 11.5 Å². The van der Waals surface area contributed by atoms with Gasteiger partial charge >= 0.3 is 0 Å². The fourth-order valence-corrected chi connectivity index (χ4v) is 3.85. The van der Waals surface area contributed by atoms with E-state index in [9.17, 15) is 9.59 Å². The minimum atomic E-state index is -0.467. The lowest BCUT2D eigenvalue weighted by Crippen LogP contribution is -2.35. The van der Waals surface area contributed by atoms with Crippen LogP contribution in [0.4, 0.5) is 5.69 Å². The molecule has 0 bridgehead atoms. The fourth-order valence-electron chi connectivity index (χ4n) is 3.72. The first-order valence-corrected chi connectivity index (χ1v) is 11.6. The monoisotopic (exact) mass is 488 g/mol. The Morgan fingerprint density at radius 3 is 2.46 bits per heavy atom. The molecule has 1 aliphatic heterocycles. The summed E-state index contributed by atoms with van der Waals surface area (Å²) in [6.45, 7) is 6.48. The highest BCUT2D eigenvalue weighted by Gasteiger charge is 2.34. The fraction of sp³-hybridized carbons (Fsp3) is 0.143. The van der Waals surface area contributed by atoms with Crippen molar-refractivity contribution in [2.24, 2.45) is 0 Å². The Morgan fingerprint density at radius 2 is 1.77 bits per heavy atom. The number of nitrogens with one attached hydrogen (secondary N) is 1. The van der Waals surface area contributed by atoms with Crippen LogP contribution in [0.2, 0.25) is 5.02 Å². The van der Waals surface area contributed by atoms with Gasteiger partial charge in [-0.15, -0.1) is 6.58 Å². The van der Waals surface area contributed by atoms with Gasteiger partial charge < -0.3 is 9.47 Å². The highest BCUT2D eigenvalue weighted by atomic mass is 35.5. The minimum Gasteiger partial charge on any atom is -0.490 e. The van der Waals surface area contributed by atoms with Crippen molar-refractivity contribution in [1.29, 1.82) is 0 Å². The van der Waals surface area contributed by atoms with Crippen LogP contribution >= 0.6 is 11.6 Å². The number of allylic oxidation sites excluding steroid dienone is 1. The predicted molar refractivity (Wildman–Crippen MR) is 137 cm³/mol. The first-order chi connectivity index (χ1) is 17.0. The van der Waals surface area contributed by atoms with Gasteiger partial charge in [-0.1, -0.05) is 48.0 Å². The Labute approximate surface area is 209 Å². The van der Waals surface area contributed by atoms with Crippen LogP contribution < -0.4 is 19.9 Å². The van der Waals surface area contributed by atoms with Crippen LogP contribution in [0.15, 0.2) is 85.0 Å². The van der Waals surface area contributed by atoms with Crippen molar-refractivity contribution in [1.82, 2.24) is 5.43 Å². The van der Waals surface area contributed by atoms with E-state index < -0.39 is 11.8 Å². The number of rotatable bonds is 9. The molecule has 4 rings (SSSR count). The molecule has 2 amide bonds. The molecule has 0 aromatic heterocycles. The topological polar surface area (TPSA) is 67.9 Å². The zero-order valence-corrected chi connectivity index (χ0v) is 20.0. The molecule has 0 atom stereocenters. The molecule has 1 saturated heterocycles. The van der Waals surface area contributed by atoms with Crippen molar-refractivity contribution in [2.75, 3.05) is 11.6 Å². The molecule has 0 aliphatic carbocycles. The molecule has 6 nitrogen and oxygen atoms in total. The summed E-state index contributed by atoms with van der Waals surface area (Å²) >= 11 is 5.98. The molecular formula is C28H25ClN2O4. The average molecular weight is 489 g/mol. The lowest BCUT2D eigenvalue weighted by Gasteiger charge is -2.17. The maximum Gasteiger partial charge on any atom is 0.282 e. The van der Waals surface area contributed by atoms with Gasteiger partial charge in [-0.2, -0.15) is 0 Å². The van der Waals surface area contributed by atoms with E-state index in [-0.39, 0.29) is 5.57 Å². The van der Waals surface area contributed by atoms with E-state index in [1.54, 1.807) is 42.5 Å². The number of para-hydroxylation sites is 1. The number of hydrogen-bond acceptors (Lipinski definition) is 4. The Kier molecular flexibility index (Phi) is 7.53. The summed E-state index contributed by atoms with van der Waals surface area (Å²) in [4.78, 5) is 25.6. The summed E-state index contributed by atoms with van der Waals surface area (Å²) in [6, 6.07) is 20.0. The van der Waals surface area contributed by atoms with Crippen molar-refractivity contribution >= 4 is 35.2 Å². The Bertz CT molecular complexity index is 1270. The first-order valence-electron chi connectivity index (χ1n) is 11.2. The van der Waals surface area contributed by atoms with Crippen LogP contribution in [-0.2, 0) is 22.6 Å². The van der Waals surface area contributed by atoms with E-state index in [2.05, 4.69) is 12.0 Å². The third-order valence-electron chi connectivity index (χ3n) is 5.33. The second-order valence-electron chi connectivity index (χ2n) is 7.82. The molecule has 0 saturated carbocycles. The second kappa shape index (κ2) is 10.9. The minimum absolute atomic E-state index is 0.0377. The molecular weight excluding hydrogens is 464 g/mol. The number of carbonyl (C=O) groups is 2. The molecule has 3 aromatic rings. The molecule has 7 heteroatoms. The number of halogens is 1. The average Bonchev–Trinajstić information content (AvgIpc) is 3.14. The van der Waals surface area contributed by atoms with Crippen molar-refractivity contribution in [3.05, 3.63) is 107 Å². The normalized spacial score (nSPS) is 14.2. The second-order valence-corrected chi connectivity index (χ2v) is 8.26. The summed E-state index contributed by atoms with van der Waals surface area (Å²) in [7, 11) is 0. The van der Waals surface area contributed by atoms with Crippen LogP contribution in [0.3, 0.4) is 0 Å². The van der Waals surface area contributed by atoms with Gasteiger partial charge in [-0.25, -0.2) is 5.01 Å². The van der Waals surface area contributed by atoms with Gasteiger partial charge in [0.1, 0.15) is 12.2 Å². The zero-order valence-electron chi connectivity index (χ0n) is 19.3. The quantitative estimate of drug-likeness (QED) is 0.245. The van der Waals surface area contributed by atoms with Crippen LogP contribution in [0.1, 0.15) is 23.6 Å². The Balaban J connectivity index is 1.66. The molecule has 1 heterocycles. The van der Waals surface area contributed by atoms with Crippen LogP contribution in [0.25, 0.3) is 6.08 Å². The number of carbonyl (C=O) groups excluding carboxylic acids is 2. The highest BCUT2D eigenvalue weighted by molar-refractivity contribution is 6.31. The Morgan fingerprint density at radius 1 is 1.03 bits per heavy atom. The number of anilines is 1. The first kappa shape index (κ1) is 24.1. The van der Waals surface area contributed by atoms with E-state index in [4.69, 9.17) is 21.1 Å². The van der Waals surface area contributed by atoms with Crippen LogP contribution in [0, 0.1) is 0 Å². The molecule has 3 aromatic carbocycles. The maximum absolute atomic E-state index is 13.0. The van der Waals surface area contributed by atoms with Gasteiger partial charge in [0.2, 0.25) is 0 Å². The van der Waals surface area contributed by atoms with E-state index in [0.29, 0.717) is 47.4 Å². The molecule has 35 heavy (non-hydrogen) atoms. The molecule has 178 valence electrons. The van der Waals surface area contributed by atoms with E-state index in [1.807, 2.05) is 43.3 Å². The van der Waals surface area contributed by atoms with E-state index in [0.717, 1.165) is 11.1 Å². The summed E-state index contributed by atoms with van der Waals surface area (Å²) in [6.07, 6.45) is 3.85. The molecule has 0 unspecified atom stereocenters. The smallest absolute Gasteiger partial charge is 0.282 e. The number of nitrogens with zero attached hydrogens (tertiary/aromatic N) is 1. The number of amides is 2. The third-order valence-corrected chi connectivity index (χ3v) is 5.58. The standard InChI is InChI=1S/C28H25ClN2O4/c1-3-8-21-15-20(16-24-27(32)30-31(28(24)33)23-9-6-5-7-10-23)17-25(34-4-2)26(21)35-18-19-11-13-22(29)14-12-19/h3,5-7,9-17H,1,4,8,18H2,2H3,(H,30,32). The van der Waals surface area contributed by atoms with E-state index in [1.165, 1.54) is 5.01 Å². The summed E-state index contributed by atoms with van der Waals surface area (Å²) in [5.41, 5.74) is 5.68. The third kappa shape index (κ3) is 5.55. The SMILES string of the molecule is C=CCc1cc(C=C2C(=O)NN(c3ccccc3)C2=O)cc(OCC)c1OCc1ccc(Cl)cc1. The predicted octanol–water partition coefficient (Wildman–Crippen LogP) is 5.51. The lowest BCUT2D eigenvalue weighted by atomic mass is 10.0. The van der Waals surface area contributed by atoms with Crippen molar-refractivity contribution < 1.29 is 19.1 Å². The maximum atomic E-state index is 13.0. The summed E-state index contributed by atoms with van der Waals surface area (Å²) in [5.74, 6) is 0.230. The van der Waals surface area contributed by atoms with Crippen molar-refractivity contribution in [3.63, 3.8) is 0 Å². The summed E-state index contributed by atoms with van der Waals surface area (Å²) < 4.78 is 12.0. The van der Waals surface area contributed by atoms with E-state index >= 15 is 0 Å². The van der Waals surface area contributed by atoms with Gasteiger partial charge in [-0.05, 0) is 66.9 Å². The van der Waals surface area contributed by atoms with Crippen LogP contribution in [0.5, 0.6) is 11.5 Å². The number of hydrazine groups is 1. The molecule has 0 radical (unpaired) electrons. The van der Waals surface area contributed by atoms with Gasteiger partial charge in [0.05, 0.1) is 12.3 Å². The van der Waals surface area contributed by atoms with Gasteiger partial charge in [0.25, 0.3) is 11.8 Å². The number of ether oxygens (including phenoxy) is 2. The zero-order chi connectivity index (χ0) is 24.8. The van der Waals surface area contributed by atoms with Crippen molar-refractivity contribution in [3.8, 4) is 11.5 Å². The van der Waals surface area contributed by atoms with Crippen LogP contribution in [-0.4, -0.2) is 18.4 Å². The molecule has 1 N–H and O–H groups in total. The number of hydrogen-bond donors (Lipinski definition) is 1. The van der Waals surface area contributed by atoms with Gasteiger partial charge in [0, 0.05) is 10.6 Å². The molecule has 1 aliphatic rings.